The Balaban J connectivity index is 2.06. The largest absolute Gasteiger partial charge is 0.311 e. The minimum Gasteiger partial charge on any atom is -0.311 e. The third-order valence-corrected chi connectivity index (χ3v) is 7.82. The molecule has 5 rings (SSSR count). The van der Waals surface area contributed by atoms with Crippen LogP contribution in [-0.4, -0.2) is 14.9 Å². The summed E-state index contributed by atoms with van der Waals surface area (Å²) in [6.45, 7) is 12.1. The molecule has 0 spiro atoms. The van der Waals surface area contributed by atoms with Crippen molar-refractivity contribution in [1.82, 2.24) is 9.13 Å². The highest BCUT2D eigenvalue weighted by Gasteiger charge is 2.37. The SMILES string of the molecule is Cn1c2cccccc-2c(C(=C2C=C(C(C)(C)C)C(=O)C(C(C)(C)C)=C2)c2c3cccccc-3n(C)c2=O)c1=O. The van der Waals surface area contributed by atoms with Gasteiger partial charge in [0.2, 0.25) is 0 Å². The maximum atomic E-state index is 14.1. The van der Waals surface area contributed by atoms with Gasteiger partial charge < -0.3 is 9.13 Å². The van der Waals surface area contributed by atoms with Gasteiger partial charge >= 0.3 is 0 Å². The van der Waals surface area contributed by atoms with E-state index in [1.807, 2.05) is 114 Å². The molecule has 204 valence electrons. The van der Waals surface area contributed by atoms with Crippen LogP contribution >= 0.6 is 0 Å². The number of carbonyl (C=O) groups is 1. The van der Waals surface area contributed by atoms with Crippen molar-refractivity contribution in [1.29, 1.82) is 0 Å². The van der Waals surface area contributed by atoms with Gasteiger partial charge in [-0.15, -0.1) is 0 Å². The monoisotopic (exact) mass is 532 g/mol. The lowest BCUT2D eigenvalue weighted by molar-refractivity contribution is -0.114. The van der Waals surface area contributed by atoms with Gasteiger partial charge in [0.25, 0.3) is 11.1 Å². The molecule has 5 aliphatic rings. The van der Waals surface area contributed by atoms with Gasteiger partial charge in [0, 0.05) is 41.9 Å². The molecule has 0 amide bonds. The number of aromatic nitrogens is 2. The molecular weight excluding hydrogens is 496 g/mol. The van der Waals surface area contributed by atoms with Crippen molar-refractivity contribution in [3.8, 4) is 22.5 Å². The van der Waals surface area contributed by atoms with Gasteiger partial charge in [0.1, 0.15) is 0 Å². The standard InChI is InChI=1S/C35H36N2O3/c1-34(2,3)24-19-21(20-25(31(24)38)35(4,5)6)28(29-22-15-11-9-13-17-26(22)36(7)32(29)39)30-23-16-12-10-14-18-27(23)37(8)33(30)40/h9-20H,1-8H3. The van der Waals surface area contributed by atoms with Crippen LogP contribution in [0, 0.1) is 10.8 Å². The average Bonchev–Trinajstić information content (AvgIpc) is 3.12. The number of Topliss-reactive ketones (excluding diaryl/α,β-unsaturated/α-hetero) is 1. The Labute approximate surface area is 235 Å². The van der Waals surface area contributed by atoms with E-state index in [0.29, 0.717) is 33.4 Å². The van der Waals surface area contributed by atoms with Crippen LogP contribution in [0.25, 0.3) is 28.1 Å². The van der Waals surface area contributed by atoms with Crippen LogP contribution in [0.15, 0.2) is 99.1 Å². The first-order valence-electron chi connectivity index (χ1n) is 13.6. The van der Waals surface area contributed by atoms with Crippen molar-refractivity contribution >= 4 is 11.4 Å². The van der Waals surface area contributed by atoms with Crippen molar-refractivity contribution in [3.63, 3.8) is 0 Å². The molecule has 0 aromatic carbocycles. The summed E-state index contributed by atoms with van der Waals surface area (Å²) in [5.74, 6) is 0.00133. The van der Waals surface area contributed by atoms with E-state index in [9.17, 15) is 14.4 Å². The van der Waals surface area contributed by atoms with Crippen LogP contribution in [0.1, 0.15) is 52.7 Å². The molecule has 3 aliphatic carbocycles. The fourth-order valence-electron chi connectivity index (χ4n) is 5.65. The number of hydrogen-bond acceptors (Lipinski definition) is 3. The molecule has 0 fully saturated rings. The molecule has 0 aromatic rings. The van der Waals surface area contributed by atoms with Crippen LogP contribution in [0.5, 0.6) is 0 Å². The molecule has 0 saturated heterocycles. The first-order chi connectivity index (χ1) is 18.7. The summed E-state index contributed by atoms with van der Waals surface area (Å²) >= 11 is 0. The molecule has 2 aliphatic heterocycles. The van der Waals surface area contributed by atoms with Crippen molar-refractivity contribution in [2.75, 3.05) is 0 Å². The molecule has 0 N–H and O–H groups in total. The maximum Gasteiger partial charge on any atom is 0.259 e. The lowest BCUT2D eigenvalue weighted by Crippen LogP contribution is -2.28. The Morgan fingerprint density at radius 3 is 1.32 bits per heavy atom. The van der Waals surface area contributed by atoms with Gasteiger partial charge in [-0.25, -0.2) is 0 Å². The molecule has 2 heterocycles. The minimum atomic E-state index is -0.449. The second-order valence-electron chi connectivity index (χ2n) is 12.7. The van der Waals surface area contributed by atoms with E-state index < -0.39 is 10.8 Å². The summed E-state index contributed by atoms with van der Waals surface area (Å²) in [6.07, 6.45) is 3.80. The number of carbonyl (C=O) groups excluding carboxylic acids is 1. The number of nitrogens with zero attached hydrogens (tertiary/aromatic N) is 2. The normalized spacial score (nSPS) is 14.5. The van der Waals surface area contributed by atoms with Crippen molar-refractivity contribution in [3.05, 3.63) is 121 Å². The summed E-state index contributed by atoms with van der Waals surface area (Å²) < 4.78 is 3.27. The van der Waals surface area contributed by atoms with Crippen molar-refractivity contribution < 1.29 is 4.79 Å². The summed E-state index contributed by atoms with van der Waals surface area (Å²) in [5, 5.41) is 0. The van der Waals surface area contributed by atoms with Gasteiger partial charge in [-0.1, -0.05) is 90.1 Å². The molecule has 0 radical (unpaired) electrons. The molecule has 0 bridgehead atoms. The molecular formula is C35H36N2O3. The molecule has 0 unspecified atom stereocenters. The molecule has 0 saturated carbocycles. The maximum absolute atomic E-state index is 14.1. The van der Waals surface area contributed by atoms with Crippen molar-refractivity contribution in [2.45, 2.75) is 41.5 Å². The summed E-state index contributed by atoms with van der Waals surface area (Å²) in [5.41, 5.74) is 5.27. The first kappa shape index (κ1) is 27.3. The summed E-state index contributed by atoms with van der Waals surface area (Å²) in [7, 11) is 3.52. The fraction of sp³-hybridized carbons (Fsp3) is 0.286. The van der Waals surface area contributed by atoms with E-state index in [2.05, 4.69) is 0 Å². The third kappa shape index (κ3) is 4.30. The fourth-order valence-corrected chi connectivity index (χ4v) is 5.65. The first-order valence-corrected chi connectivity index (χ1v) is 13.6. The van der Waals surface area contributed by atoms with Crippen LogP contribution in [0.4, 0.5) is 0 Å². The van der Waals surface area contributed by atoms with E-state index in [0.717, 1.165) is 22.5 Å². The zero-order chi connectivity index (χ0) is 29.1. The highest BCUT2D eigenvalue weighted by atomic mass is 16.1. The minimum absolute atomic E-state index is 0.00133. The zero-order valence-electron chi connectivity index (χ0n) is 24.5. The van der Waals surface area contributed by atoms with E-state index >= 15 is 0 Å². The summed E-state index contributed by atoms with van der Waals surface area (Å²) in [4.78, 5) is 42.0. The Kier molecular flexibility index (Phi) is 6.45. The molecule has 0 atom stereocenters. The van der Waals surface area contributed by atoms with E-state index in [1.54, 1.807) is 23.2 Å². The quantitative estimate of drug-likeness (QED) is 0.291. The van der Waals surface area contributed by atoms with Crippen molar-refractivity contribution in [2.24, 2.45) is 24.9 Å². The van der Waals surface area contributed by atoms with E-state index in [1.165, 1.54) is 0 Å². The Bertz CT molecular complexity index is 1700. The topological polar surface area (TPSA) is 61.1 Å². The van der Waals surface area contributed by atoms with Gasteiger partial charge in [-0.05, 0) is 40.7 Å². The number of allylic oxidation sites excluding steroid dienone is 5. The lowest BCUT2D eigenvalue weighted by atomic mass is 9.71. The Hall–Kier alpha value is -4.25. The van der Waals surface area contributed by atoms with Crippen LogP contribution in [0.3, 0.4) is 0 Å². The highest BCUT2D eigenvalue weighted by molar-refractivity contribution is 6.13. The molecule has 0 aromatic heterocycles. The van der Waals surface area contributed by atoms with Gasteiger partial charge in [-0.2, -0.15) is 0 Å². The van der Waals surface area contributed by atoms with E-state index in [4.69, 9.17) is 0 Å². The van der Waals surface area contributed by atoms with Crippen LogP contribution < -0.4 is 11.1 Å². The second kappa shape index (κ2) is 9.44. The van der Waals surface area contributed by atoms with Gasteiger partial charge in [0.15, 0.2) is 5.78 Å². The predicted octanol–water partition coefficient (Wildman–Crippen LogP) is 6.62. The van der Waals surface area contributed by atoms with Crippen LogP contribution in [0.2, 0.25) is 0 Å². The van der Waals surface area contributed by atoms with Gasteiger partial charge in [0.05, 0.1) is 22.5 Å². The average molecular weight is 533 g/mol. The highest BCUT2D eigenvalue weighted by Crippen LogP contribution is 2.44. The summed E-state index contributed by atoms with van der Waals surface area (Å²) in [6, 6.07) is 19.2. The lowest BCUT2D eigenvalue weighted by Gasteiger charge is -2.32. The Morgan fingerprint density at radius 1 is 0.575 bits per heavy atom. The predicted molar refractivity (Wildman–Crippen MR) is 163 cm³/mol. The van der Waals surface area contributed by atoms with Gasteiger partial charge in [-0.3, -0.25) is 14.4 Å². The molecule has 5 nitrogen and oxygen atoms in total. The smallest absolute Gasteiger partial charge is 0.259 e. The van der Waals surface area contributed by atoms with E-state index in [-0.39, 0.29) is 16.9 Å². The molecule has 40 heavy (non-hydrogen) atoms. The Morgan fingerprint density at radius 2 is 0.950 bits per heavy atom. The third-order valence-electron chi connectivity index (χ3n) is 7.82. The van der Waals surface area contributed by atoms with Crippen LogP contribution in [-0.2, 0) is 18.9 Å². The molecule has 5 heteroatoms. The number of ketones is 1. The number of fused-ring (bicyclic) bond motifs is 2. The number of hydrogen-bond donors (Lipinski definition) is 0. The zero-order valence-corrected chi connectivity index (χ0v) is 24.5. The number of rotatable bonds is 2. The second-order valence-corrected chi connectivity index (χ2v) is 12.7.